The van der Waals surface area contributed by atoms with Gasteiger partial charge in [0.15, 0.2) is 0 Å². The van der Waals surface area contributed by atoms with Gasteiger partial charge in [0, 0.05) is 6.92 Å². The van der Waals surface area contributed by atoms with Crippen LogP contribution < -0.4 is 0 Å². The highest BCUT2D eigenvalue weighted by atomic mass is 16.5. The van der Waals surface area contributed by atoms with E-state index in [0.717, 1.165) is 0 Å². The molecule has 0 radical (unpaired) electrons. The highest BCUT2D eigenvalue weighted by molar-refractivity contribution is 4.32. The second-order valence-corrected chi connectivity index (χ2v) is 2.98. The van der Waals surface area contributed by atoms with E-state index in [1.54, 1.807) is 21.1 Å². The summed E-state index contributed by atoms with van der Waals surface area (Å²) in [6.07, 6.45) is 0. The summed E-state index contributed by atoms with van der Waals surface area (Å²) in [6, 6.07) is 0. The van der Waals surface area contributed by atoms with Crippen LogP contribution >= 0.6 is 0 Å². The van der Waals surface area contributed by atoms with Crippen molar-refractivity contribution < 1.29 is 14.7 Å². The lowest BCUT2D eigenvalue weighted by molar-refractivity contribution is -0.976. The Kier molecular flexibility index (Phi) is 1.66. The molecule has 3 heteroatoms. The van der Waals surface area contributed by atoms with Gasteiger partial charge in [0.05, 0.1) is 21.1 Å². The van der Waals surface area contributed by atoms with Crippen LogP contribution in [-0.2, 0) is 0 Å². The van der Waals surface area contributed by atoms with Gasteiger partial charge in [0.2, 0.25) is 0 Å². The van der Waals surface area contributed by atoms with Gasteiger partial charge in [0.25, 0.3) is 0 Å². The third kappa shape index (κ3) is 1.78. The SMILES string of the molecule is CC(O)(O)[N+](C)(C)C. The summed E-state index contributed by atoms with van der Waals surface area (Å²) in [6.45, 7) is 1.35. The maximum absolute atomic E-state index is 8.88. The largest absolute Gasteiger partial charge is 0.319 e. The molecule has 0 fully saturated rings. The van der Waals surface area contributed by atoms with Gasteiger partial charge in [0.1, 0.15) is 0 Å². The average Bonchev–Trinajstić information content (AvgIpc) is 1.25. The first-order valence-corrected chi connectivity index (χ1v) is 2.51. The number of hydrogen-bond donors (Lipinski definition) is 2. The summed E-state index contributed by atoms with van der Waals surface area (Å²) < 4.78 is 0.132. The number of rotatable bonds is 1. The Bertz CT molecular complexity index is 65.4. The Morgan fingerprint density at radius 1 is 1.12 bits per heavy atom. The van der Waals surface area contributed by atoms with Crippen molar-refractivity contribution in [1.29, 1.82) is 0 Å². The highest BCUT2D eigenvalue weighted by Gasteiger charge is 2.31. The van der Waals surface area contributed by atoms with E-state index in [-0.39, 0.29) is 4.48 Å². The van der Waals surface area contributed by atoms with Gasteiger partial charge in [-0.1, -0.05) is 0 Å². The molecule has 0 unspecified atom stereocenters. The summed E-state index contributed by atoms with van der Waals surface area (Å²) in [5, 5.41) is 17.8. The van der Waals surface area contributed by atoms with Gasteiger partial charge in [-0.3, -0.25) is 4.48 Å². The van der Waals surface area contributed by atoms with Gasteiger partial charge in [-0.25, -0.2) is 0 Å². The van der Waals surface area contributed by atoms with Crippen molar-refractivity contribution >= 4 is 0 Å². The lowest BCUT2D eigenvalue weighted by atomic mass is 10.4. The summed E-state index contributed by atoms with van der Waals surface area (Å²) in [7, 11) is 5.12. The zero-order valence-corrected chi connectivity index (χ0v) is 5.84. The molecule has 0 saturated carbocycles. The Balaban J connectivity index is 4.02. The first-order chi connectivity index (χ1) is 3.25. The van der Waals surface area contributed by atoms with Crippen molar-refractivity contribution in [2.75, 3.05) is 21.1 Å². The molecule has 0 aromatic carbocycles. The first-order valence-electron chi connectivity index (χ1n) is 2.51. The molecule has 3 nitrogen and oxygen atoms in total. The first kappa shape index (κ1) is 7.88. The molecule has 8 heavy (non-hydrogen) atoms. The lowest BCUT2D eigenvalue weighted by Gasteiger charge is -2.33. The Hall–Kier alpha value is -0.120. The highest BCUT2D eigenvalue weighted by Crippen LogP contribution is 2.08. The molecule has 50 valence electrons. The van der Waals surface area contributed by atoms with Gasteiger partial charge < -0.3 is 10.2 Å². The van der Waals surface area contributed by atoms with E-state index in [1.165, 1.54) is 6.92 Å². The van der Waals surface area contributed by atoms with E-state index in [1.807, 2.05) is 0 Å². The number of quaternary nitrogens is 1. The van der Waals surface area contributed by atoms with Crippen LogP contribution in [0.5, 0.6) is 0 Å². The fraction of sp³-hybridized carbons (Fsp3) is 1.00. The molecule has 0 rings (SSSR count). The van der Waals surface area contributed by atoms with Gasteiger partial charge in [-0.05, 0) is 0 Å². The standard InChI is InChI=1S/C5H14NO2/c1-5(7,8)6(2,3)4/h7-8H,1-4H3/q+1. The second kappa shape index (κ2) is 1.69. The van der Waals surface area contributed by atoms with Crippen LogP contribution in [0.4, 0.5) is 0 Å². The predicted octanol–water partition coefficient (Wildman–Crippen LogP) is -0.649. The number of hydrogen-bond acceptors (Lipinski definition) is 2. The molecule has 0 aromatic rings. The van der Waals surface area contributed by atoms with E-state index in [4.69, 9.17) is 10.2 Å². The second-order valence-electron chi connectivity index (χ2n) is 2.98. The zero-order chi connectivity index (χ0) is 7.00. The van der Waals surface area contributed by atoms with Crippen LogP contribution in [0.25, 0.3) is 0 Å². The summed E-state index contributed by atoms with van der Waals surface area (Å²) in [4.78, 5) is 0. The van der Waals surface area contributed by atoms with Crippen molar-refractivity contribution in [2.24, 2.45) is 0 Å². The smallest absolute Gasteiger partial charge is 0.310 e. The molecule has 0 aromatic heterocycles. The van der Waals surface area contributed by atoms with Crippen molar-refractivity contribution in [3.8, 4) is 0 Å². The van der Waals surface area contributed by atoms with E-state index in [2.05, 4.69) is 0 Å². The van der Waals surface area contributed by atoms with E-state index in [9.17, 15) is 0 Å². The van der Waals surface area contributed by atoms with Crippen molar-refractivity contribution in [3.63, 3.8) is 0 Å². The van der Waals surface area contributed by atoms with E-state index in [0.29, 0.717) is 0 Å². The molecule has 2 N–H and O–H groups in total. The topological polar surface area (TPSA) is 40.5 Å². The maximum atomic E-state index is 8.88. The van der Waals surface area contributed by atoms with Crippen molar-refractivity contribution in [3.05, 3.63) is 0 Å². The molecular weight excluding hydrogens is 106 g/mol. The van der Waals surface area contributed by atoms with Crippen LogP contribution in [0, 0.1) is 0 Å². The molecular formula is C5H14NO2+. The minimum atomic E-state index is -1.63. The van der Waals surface area contributed by atoms with E-state index < -0.39 is 5.91 Å². The summed E-state index contributed by atoms with van der Waals surface area (Å²) >= 11 is 0. The third-order valence-electron chi connectivity index (χ3n) is 1.27. The molecule has 0 bridgehead atoms. The van der Waals surface area contributed by atoms with Crippen LogP contribution in [0.2, 0.25) is 0 Å². The molecule has 0 aliphatic rings. The molecule has 0 amide bonds. The van der Waals surface area contributed by atoms with Gasteiger partial charge in [-0.15, -0.1) is 0 Å². The number of nitrogens with zero attached hydrogens (tertiary/aromatic N) is 1. The average molecular weight is 120 g/mol. The van der Waals surface area contributed by atoms with Crippen LogP contribution in [0.15, 0.2) is 0 Å². The van der Waals surface area contributed by atoms with Gasteiger partial charge >= 0.3 is 5.91 Å². The molecule has 0 saturated heterocycles. The molecule has 0 aliphatic heterocycles. The minimum absolute atomic E-state index is 0.132. The van der Waals surface area contributed by atoms with E-state index >= 15 is 0 Å². The predicted molar refractivity (Wildman–Crippen MR) is 30.9 cm³/mol. The summed E-state index contributed by atoms with van der Waals surface area (Å²) in [5.74, 6) is -1.63. The molecule has 0 atom stereocenters. The monoisotopic (exact) mass is 120 g/mol. The molecule has 0 heterocycles. The van der Waals surface area contributed by atoms with Crippen LogP contribution in [0.3, 0.4) is 0 Å². The normalized spacial score (nSPS) is 14.2. The Morgan fingerprint density at radius 3 is 1.25 bits per heavy atom. The fourth-order valence-corrected chi connectivity index (χ4v) is 0. The number of aliphatic hydroxyl groups is 2. The maximum Gasteiger partial charge on any atom is 0.310 e. The Labute approximate surface area is 49.8 Å². The summed E-state index contributed by atoms with van der Waals surface area (Å²) in [5.41, 5.74) is 0. The lowest BCUT2D eigenvalue weighted by Crippen LogP contribution is -2.54. The zero-order valence-electron chi connectivity index (χ0n) is 5.84. The third-order valence-corrected chi connectivity index (χ3v) is 1.27. The Morgan fingerprint density at radius 2 is 1.25 bits per heavy atom. The van der Waals surface area contributed by atoms with Crippen molar-refractivity contribution in [1.82, 2.24) is 0 Å². The molecule has 0 aliphatic carbocycles. The fourth-order valence-electron chi connectivity index (χ4n) is 0. The molecule has 0 spiro atoms. The van der Waals surface area contributed by atoms with Crippen molar-refractivity contribution in [2.45, 2.75) is 12.8 Å². The van der Waals surface area contributed by atoms with Crippen LogP contribution in [-0.4, -0.2) is 41.8 Å². The quantitative estimate of drug-likeness (QED) is 0.356. The van der Waals surface area contributed by atoms with Crippen LogP contribution in [0.1, 0.15) is 6.92 Å². The minimum Gasteiger partial charge on any atom is -0.319 e. The van der Waals surface area contributed by atoms with Gasteiger partial charge in [-0.2, -0.15) is 0 Å².